The van der Waals surface area contributed by atoms with Crippen LogP contribution in [0.1, 0.15) is 93.1 Å². The lowest BCUT2D eigenvalue weighted by atomic mass is 9.72. The van der Waals surface area contributed by atoms with Crippen molar-refractivity contribution in [2.75, 3.05) is 113 Å². The number of nitrogens with two attached hydrogens (primary N) is 3. The number of primary sulfonamides is 2. The van der Waals surface area contributed by atoms with E-state index >= 15 is 0 Å². The number of piperazine rings is 1. The van der Waals surface area contributed by atoms with E-state index in [9.17, 15) is 73.6 Å². The Morgan fingerprint density at radius 1 is 0.697 bits per heavy atom. The SMILES string of the molecule is CC1(C)CCC(CN2CCN(c3ccc(C(=O)CS(=O)(=O)c4ccc(NCC5CCCOC5)c([N+](=O)[O-])c4)c(Oc4cnc5[nH]ccc5c4)c3)CC2)=C(c2ccc(C(F)(F)F)cc2Cl)C1.Cl.NCC1CCCOC1.NS(=O)(=O)c1ccc(Cl)c([N+](=O)[O-])c1.NS(=O)(=O)c1ccc(NCC2CCCOC2)c([N+](=O)[O-])c1. The van der Waals surface area contributed by atoms with Gasteiger partial charge in [-0.25, -0.2) is 40.5 Å². The van der Waals surface area contributed by atoms with Gasteiger partial charge in [-0.1, -0.05) is 48.7 Å². The molecule has 3 atom stereocenters. The van der Waals surface area contributed by atoms with E-state index in [1.807, 2.05) is 6.07 Å². The van der Waals surface area contributed by atoms with Crippen molar-refractivity contribution in [1.29, 1.82) is 0 Å². The standard InChI is InChI=1S/C47H50ClF3N6O7S.C12H17N3O5S.C6H5ClN2O4S.C6H13NO.ClH/c1-46(2)13-11-32(39(24-46)37-8-5-33(21-40(37)48)47(49,50)51)27-55-15-17-56(18-16-55)34-6-9-38(44(22-34)64-35-20-31-12-14-52-45(31)54-26-35)43(58)29-65(61,62)36-7-10-41(42(23-36)57(59)60)53-25-30-4-3-19-63-28-30;13-21(18,19)10-3-4-11(12(6-10)15(16)17)14-7-9-2-1-5-20-8-9;7-5-2-1-4(14(8,12)13)3-6(5)9(10)11;7-4-6-2-1-3-8-5-6;/h5-10,12,14,20-23,26,30,53H,3-4,11,13,15-19,24-25,27-29H2,1-2H3,(H,52,54);3-4,6,9,14H,1-2,5,7-8H2,(H2,13,18,19);1-3H,(H2,8,12,13);6H,1-5,7H2;1H. The number of ether oxygens (including phenoxy) is 4. The molecule has 109 heavy (non-hydrogen) atoms. The number of pyridine rings is 1. The van der Waals surface area contributed by atoms with Crippen LogP contribution in [0.3, 0.4) is 0 Å². The molecule has 0 bridgehead atoms. The van der Waals surface area contributed by atoms with Gasteiger partial charge in [-0.05, 0) is 171 Å². The number of rotatable bonds is 22. The number of ketones is 1. The fourth-order valence-corrected chi connectivity index (χ4v) is 15.6. The fraction of sp³-hybridized carbons (Fsp3) is 0.437. The Kier molecular flexibility index (Phi) is 30.3. The number of allylic oxidation sites excluding steroid dienone is 1. The summed E-state index contributed by atoms with van der Waals surface area (Å²) in [4.78, 5) is 56.4. The summed E-state index contributed by atoms with van der Waals surface area (Å²) in [5, 5.41) is 50.1. The second-order valence-electron chi connectivity index (χ2n) is 27.5. The van der Waals surface area contributed by atoms with Gasteiger partial charge in [-0.3, -0.25) is 40.0 Å². The van der Waals surface area contributed by atoms with Gasteiger partial charge in [0.2, 0.25) is 20.0 Å². The zero-order chi connectivity index (χ0) is 78.3. The predicted molar refractivity (Wildman–Crippen MR) is 410 cm³/mol. The van der Waals surface area contributed by atoms with E-state index in [2.05, 4.69) is 44.2 Å². The third kappa shape index (κ3) is 24.4. The molecule has 4 fully saturated rings. The number of aromatic amines is 1. The van der Waals surface area contributed by atoms with Gasteiger partial charge in [0.15, 0.2) is 15.6 Å². The molecule has 592 valence electrons. The first-order valence-corrected chi connectivity index (χ1v) is 40.1. The van der Waals surface area contributed by atoms with Gasteiger partial charge in [-0.2, -0.15) is 13.2 Å². The van der Waals surface area contributed by atoms with E-state index in [0.717, 1.165) is 130 Å². The van der Waals surface area contributed by atoms with Crippen LogP contribution in [0.15, 0.2) is 136 Å². The highest BCUT2D eigenvalue weighted by molar-refractivity contribution is 7.92. The number of sulfonamides is 2. The Bertz CT molecular complexity index is 4790. The van der Waals surface area contributed by atoms with Crippen molar-refractivity contribution in [2.24, 2.45) is 39.2 Å². The summed E-state index contributed by atoms with van der Waals surface area (Å²) >= 11 is 12.0. The number of anilines is 3. The van der Waals surface area contributed by atoms with Crippen molar-refractivity contribution >= 4 is 122 Å². The molecule has 3 unspecified atom stereocenters. The van der Waals surface area contributed by atoms with Crippen LogP contribution in [0.5, 0.6) is 11.5 Å². The first-order chi connectivity index (χ1) is 51.0. The number of nitrogens with zero attached hydrogens (tertiary/aromatic N) is 6. The van der Waals surface area contributed by atoms with Crippen molar-refractivity contribution in [1.82, 2.24) is 14.9 Å². The van der Waals surface area contributed by atoms with E-state index in [0.29, 0.717) is 94.9 Å². The quantitative estimate of drug-likeness (QED) is 0.0208. The lowest BCUT2D eigenvalue weighted by molar-refractivity contribution is -0.385. The number of aromatic nitrogens is 2. The Hall–Kier alpha value is -8.17. The molecule has 29 nitrogen and oxygen atoms in total. The number of hydrogen-bond donors (Lipinski definition) is 6. The summed E-state index contributed by atoms with van der Waals surface area (Å²) in [5.74, 6) is -0.196. The minimum atomic E-state index is -4.49. The monoisotopic (exact) mass is 1640 g/mol. The molecule has 0 radical (unpaired) electrons. The molecule has 9 N–H and O–H groups in total. The van der Waals surface area contributed by atoms with E-state index in [4.69, 9.17) is 58.2 Å². The van der Waals surface area contributed by atoms with E-state index in [-0.39, 0.29) is 82.8 Å². The van der Waals surface area contributed by atoms with Gasteiger partial charge in [0.1, 0.15) is 39.3 Å². The maximum absolute atomic E-state index is 14.0. The fourth-order valence-electron chi connectivity index (χ4n) is 12.9. The number of nitrogens with one attached hydrogen (secondary N) is 3. The van der Waals surface area contributed by atoms with Crippen LogP contribution in [0.2, 0.25) is 10.0 Å². The molecule has 0 amide bonds. The highest BCUT2D eigenvalue weighted by atomic mass is 35.5. The number of alkyl halides is 3. The Balaban J connectivity index is 0.000000272. The summed E-state index contributed by atoms with van der Waals surface area (Å²) in [6.07, 6.45) is 7.38. The number of carbonyl (C=O) groups is 1. The molecule has 4 saturated heterocycles. The zero-order valence-corrected chi connectivity index (χ0v) is 64.3. The van der Waals surface area contributed by atoms with Crippen LogP contribution < -0.4 is 36.3 Å². The van der Waals surface area contributed by atoms with Gasteiger partial charge in [0, 0.05) is 112 Å². The average molecular weight is 1640 g/mol. The number of nitro groups is 3. The van der Waals surface area contributed by atoms with Crippen molar-refractivity contribution in [3.05, 3.63) is 178 Å². The zero-order valence-electron chi connectivity index (χ0n) is 59.6. The molecule has 12 rings (SSSR count). The first-order valence-electron chi connectivity index (χ1n) is 34.6. The van der Waals surface area contributed by atoms with Crippen molar-refractivity contribution in [3.63, 3.8) is 0 Å². The molecule has 38 heteroatoms. The topological polar surface area (TPSA) is 423 Å². The molecule has 6 heterocycles. The number of nitro benzene ring substituents is 3. The minimum absolute atomic E-state index is 0. The average Bonchev–Trinajstić information content (AvgIpc) is 0.987. The van der Waals surface area contributed by atoms with Crippen LogP contribution in [-0.2, 0) is 50.3 Å². The second-order valence-corrected chi connectivity index (χ2v) is 33.4. The number of fused-ring (bicyclic) bond motifs is 1. The van der Waals surface area contributed by atoms with Crippen molar-refractivity contribution < 1.29 is 76.9 Å². The van der Waals surface area contributed by atoms with E-state index in [1.165, 1.54) is 55.4 Å². The summed E-state index contributed by atoms with van der Waals surface area (Å²) < 4.78 is 135. The summed E-state index contributed by atoms with van der Waals surface area (Å²) in [5.41, 5.74) is 8.01. The lowest BCUT2D eigenvalue weighted by Crippen LogP contribution is -2.47. The molecule has 5 aromatic carbocycles. The smallest absolute Gasteiger partial charge is 0.416 e. The van der Waals surface area contributed by atoms with Crippen LogP contribution in [0.25, 0.3) is 16.6 Å². The summed E-state index contributed by atoms with van der Waals surface area (Å²) in [7, 11) is -12.3. The third-order valence-corrected chi connectivity index (χ3v) is 22.9. The normalized spacial score (nSPS) is 18.4. The highest BCUT2D eigenvalue weighted by Crippen LogP contribution is 2.46. The molecule has 0 spiro atoms. The molecule has 1 aliphatic carbocycles. The third-order valence-electron chi connectivity index (χ3n) is 18.9. The molecule has 2 aromatic heterocycles. The van der Waals surface area contributed by atoms with Crippen LogP contribution in [0, 0.1) is 53.5 Å². The van der Waals surface area contributed by atoms with Crippen molar-refractivity contribution in [3.8, 4) is 11.5 Å². The Morgan fingerprint density at radius 2 is 1.24 bits per heavy atom. The van der Waals surface area contributed by atoms with Crippen LogP contribution in [-0.4, -0.2) is 158 Å². The number of hydrogen-bond acceptors (Lipinski definition) is 23. The summed E-state index contributed by atoms with van der Waals surface area (Å²) in [6.45, 7) is 13.7. The van der Waals surface area contributed by atoms with Crippen LogP contribution >= 0.6 is 35.6 Å². The second kappa shape index (κ2) is 38.2. The molecule has 5 aliphatic rings. The minimum Gasteiger partial charge on any atom is -0.455 e. The van der Waals surface area contributed by atoms with E-state index < -0.39 is 79.3 Å². The molecule has 0 saturated carbocycles. The van der Waals surface area contributed by atoms with Gasteiger partial charge >= 0.3 is 6.18 Å². The first kappa shape index (κ1) is 86.4. The molecule has 4 aliphatic heterocycles. The van der Waals surface area contributed by atoms with E-state index in [1.54, 1.807) is 24.4 Å². The van der Waals surface area contributed by atoms with Gasteiger partial charge in [-0.15, -0.1) is 12.4 Å². The lowest BCUT2D eigenvalue weighted by Gasteiger charge is -2.39. The van der Waals surface area contributed by atoms with Gasteiger partial charge in [0.25, 0.3) is 17.1 Å². The summed E-state index contributed by atoms with van der Waals surface area (Å²) in [6, 6.07) is 22.4. The molecular weight excluding hydrogens is 1550 g/mol. The Morgan fingerprint density at radius 3 is 1.75 bits per heavy atom. The maximum Gasteiger partial charge on any atom is 0.416 e. The van der Waals surface area contributed by atoms with Gasteiger partial charge in [0.05, 0.1) is 66.6 Å². The molecule has 7 aromatic rings. The predicted octanol–water partition coefficient (Wildman–Crippen LogP) is 13.0. The number of sulfone groups is 1. The number of benzene rings is 5. The highest BCUT2D eigenvalue weighted by Gasteiger charge is 2.35. The maximum atomic E-state index is 14.0. The number of H-pyrrole nitrogens is 1. The van der Waals surface area contributed by atoms with Crippen LogP contribution in [0.4, 0.5) is 47.3 Å². The largest absolute Gasteiger partial charge is 0.455 e. The number of halogens is 6. The number of carbonyl (C=O) groups excluding carboxylic acids is 1. The molecular formula is C71H86Cl3F3N12O17S3. The Labute approximate surface area is 644 Å². The van der Waals surface area contributed by atoms with Crippen molar-refractivity contribution in [2.45, 2.75) is 92.5 Å². The number of Topliss-reactive ketones (excluding diaryl/α,β-unsaturated/α-hetero) is 1. The van der Waals surface area contributed by atoms with Gasteiger partial charge < -0.3 is 45.2 Å².